The third-order valence-electron chi connectivity index (χ3n) is 11.8. The Morgan fingerprint density at radius 1 is 0.339 bits per heavy atom. The number of rotatable bonds is 4. The fourth-order valence-corrected chi connectivity index (χ4v) is 11.4. The Morgan fingerprint density at radius 2 is 0.915 bits per heavy atom. The zero-order chi connectivity index (χ0) is 38.6. The van der Waals surface area contributed by atoms with E-state index in [-0.39, 0.29) is 0 Å². The lowest BCUT2D eigenvalue weighted by molar-refractivity contribution is 1.07. The van der Waals surface area contributed by atoms with Crippen LogP contribution < -0.4 is 0 Å². The normalized spacial score (nSPS) is 12.1. The van der Waals surface area contributed by atoms with Crippen molar-refractivity contribution < 1.29 is 0 Å². The van der Waals surface area contributed by atoms with Gasteiger partial charge < -0.3 is 4.57 Å². The molecule has 6 heteroatoms. The molecule has 0 unspecified atom stereocenters. The Hall–Kier alpha value is -7.25. The Labute approximate surface area is 345 Å². The summed E-state index contributed by atoms with van der Waals surface area (Å²) >= 11 is 3.64. The van der Waals surface area contributed by atoms with Gasteiger partial charge in [0.2, 0.25) is 0 Å². The van der Waals surface area contributed by atoms with Gasteiger partial charge in [-0.25, -0.2) is 15.0 Å². The standard InChI is InChI=1S/C53H30N4S2/c1-2-13-32-28-35(25-24-31(32)12-1)51-54-52(39-19-11-23-46-48(39)37-17-6-9-21-44(37)58-46)56-53(55-51)40-26-27-47-49(38-18-7-10-22-45(38)59-47)50(40)57-42-20-8-5-16-36(42)41-29-33-14-3-4-15-34(33)30-43(41)57/h1-30H. The van der Waals surface area contributed by atoms with Gasteiger partial charge in [0.05, 0.1) is 16.7 Å². The first-order chi connectivity index (χ1) is 29.2. The lowest BCUT2D eigenvalue weighted by atomic mass is 10.0. The minimum atomic E-state index is 0.633. The number of hydrogen-bond donors (Lipinski definition) is 0. The minimum absolute atomic E-state index is 0.633. The molecule has 59 heavy (non-hydrogen) atoms. The second-order valence-corrected chi connectivity index (χ2v) is 17.3. The third kappa shape index (κ3) is 4.97. The Kier molecular flexibility index (Phi) is 7.02. The molecular weight excluding hydrogens is 757 g/mol. The van der Waals surface area contributed by atoms with Gasteiger partial charge in [-0.05, 0) is 76.1 Å². The molecular formula is C53H30N4S2. The van der Waals surface area contributed by atoms with Crippen molar-refractivity contribution in [1.82, 2.24) is 19.5 Å². The van der Waals surface area contributed by atoms with E-state index >= 15 is 0 Å². The summed E-state index contributed by atoms with van der Waals surface area (Å²) in [5.74, 6) is 1.93. The van der Waals surface area contributed by atoms with Crippen molar-refractivity contribution in [2.75, 3.05) is 0 Å². The van der Waals surface area contributed by atoms with Crippen molar-refractivity contribution in [3.05, 3.63) is 182 Å². The molecule has 4 nitrogen and oxygen atoms in total. The van der Waals surface area contributed by atoms with Crippen LogP contribution in [-0.4, -0.2) is 19.5 Å². The lowest BCUT2D eigenvalue weighted by Crippen LogP contribution is -2.04. The van der Waals surface area contributed by atoms with Crippen LogP contribution in [0.5, 0.6) is 0 Å². The van der Waals surface area contributed by atoms with Crippen molar-refractivity contribution in [1.29, 1.82) is 0 Å². The zero-order valence-corrected chi connectivity index (χ0v) is 33.1. The first-order valence-corrected chi connectivity index (χ1v) is 21.4. The molecule has 0 spiro atoms. The van der Waals surface area contributed by atoms with Gasteiger partial charge in [-0.2, -0.15) is 0 Å². The topological polar surface area (TPSA) is 43.6 Å². The highest BCUT2D eigenvalue weighted by molar-refractivity contribution is 7.26. The summed E-state index contributed by atoms with van der Waals surface area (Å²) in [6.07, 6.45) is 0. The van der Waals surface area contributed by atoms with Crippen molar-refractivity contribution in [2.45, 2.75) is 0 Å². The highest BCUT2D eigenvalue weighted by atomic mass is 32.1. The minimum Gasteiger partial charge on any atom is -0.308 e. The van der Waals surface area contributed by atoms with Crippen LogP contribution in [0.4, 0.5) is 0 Å². The number of thiophene rings is 2. The summed E-state index contributed by atoms with van der Waals surface area (Å²) in [5.41, 5.74) is 6.25. The van der Waals surface area contributed by atoms with Gasteiger partial charge in [-0.3, -0.25) is 0 Å². The van der Waals surface area contributed by atoms with Crippen LogP contribution in [0.1, 0.15) is 0 Å². The summed E-state index contributed by atoms with van der Waals surface area (Å²) in [6, 6.07) is 65.5. The predicted octanol–water partition coefficient (Wildman–Crippen LogP) is 15.0. The monoisotopic (exact) mass is 786 g/mol. The van der Waals surface area contributed by atoms with Crippen LogP contribution in [-0.2, 0) is 0 Å². The second-order valence-electron chi connectivity index (χ2n) is 15.1. The lowest BCUT2D eigenvalue weighted by Gasteiger charge is -2.17. The van der Waals surface area contributed by atoms with Gasteiger partial charge >= 0.3 is 0 Å². The fourth-order valence-electron chi connectivity index (χ4n) is 9.14. The molecule has 0 bridgehead atoms. The third-order valence-corrected chi connectivity index (χ3v) is 14.1. The van der Waals surface area contributed by atoms with Crippen LogP contribution in [0.25, 0.3) is 124 Å². The summed E-state index contributed by atoms with van der Waals surface area (Å²) < 4.78 is 7.39. The van der Waals surface area contributed by atoms with E-state index in [4.69, 9.17) is 15.0 Å². The summed E-state index contributed by atoms with van der Waals surface area (Å²) in [6.45, 7) is 0. The maximum atomic E-state index is 5.52. The van der Waals surface area contributed by atoms with E-state index in [1.807, 2.05) is 11.3 Å². The van der Waals surface area contributed by atoms with Crippen LogP contribution >= 0.6 is 22.7 Å². The highest BCUT2D eigenvalue weighted by Crippen LogP contribution is 2.46. The van der Waals surface area contributed by atoms with E-state index in [1.165, 1.54) is 67.3 Å². The van der Waals surface area contributed by atoms with E-state index < -0.39 is 0 Å². The molecule has 274 valence electrons. The molecule has 0 aliphatic heterocycles. The van der Waals surface area contributed by atoms with E-state index in [0.29, 0.717) is 17.5 Å². The van der Waals surface area contributed by atoms with Gasteiger partial charge in [0, 0.05) is 67.8 Å². The molecule has 0 aliphatic carbocycles. The molecule has 0 aliphatic rings. The molecule has 0 N–H and O–H groups in total. The van der Waals surface area contributed by atoms with E-state index in [2.05, 4.69) is 187 Å². The predicted molar refractivity (Wildman–Crippen MR) is 251 cm³/mol. The fraction of sp³-hybridized carbons (Fsp3) is 0. The molecule has 0 saturated carbocycles. The number of benzene rings is 9. The van der Waals surface area contributed by atoms with E-state index in [0.717, 1.165) is 38.8 Å². The maximum Gasteiger partial charge on any atom is 0.166 e. The smallest absolute Gasteiger partial charge is 0.166 e. The van der Waals surface area contributed by atoms with E-state index in [1.54, 1.807) is 11.3 Å². The highest BCUT2D eigenvalue weighted by Gasteiger charge is 2.24. The Balaban J connectivity index is 1.18. The van der Waals surface area contributed by atoms with E-state index in [9.17, 15) is 0 Å². The van der Waals surface area contributed by atoms with Gasteiger partial charge in [-0.1, -0.05) is 127 Å². The molecule has 9 aromatic carbocycles. The average Bonchev–Trinajstić information content (AvgIpc) is 3.97. The Morgan fingerprint density at radius 3 is 1.69 bits per heavy atom. The van der Waals surface area contributed by atoms with Crippen molar-refractivity contribution in [3.63, 3.8) is 0 Å². The molecule has 0 amide bonds. The molecule has 4 heterocycles. The van der Waals surface area contributed by atoms with Crippen molar-refractivity contribution in [3.8, 4) is 39.9 Å². The quantitative estimate of drug-likeness (QED) is 0.178. The van der Waals surface area contributed by atoms with Crippen molar-refractivity contribution >= 4 is 106 Å². The largest absolute Gasteiger partial charge is 0.308 e. The van der Waals surface area contributed by atoms with Crippen LogP contribution in [0.2, 0.25) is 0 Å². The van der Waals surface area contributed by atoms with Crippen LogP contribution in [0, 0.1) is 0 Å². The summed E-state index contributed by atoms with van der Waals surface area (Å²) in [4.78, 5) is 16.3. The summed E-state index contributed by atoms with van der Waals surface area (Å²) in [7, 11) is 0. The zero-order valence-electron chi connectivity index (χ0n) is 31.4. The second kappa shape index (κ2) is 12.6. The number of aromatic nitrogens is 4. The molecule has 13 aromatic rings. The molecule has 0 fully saturated rings. The molecule has 0 atom stereocenters. The number of nitrogens with zero attached hydrogens (tertiary/aromatic N) is 4. The first-order valence-electron chi connectivity index (χ1n) is 19.8. The average molecular weight is 787 g/mol. The van der Waals surface area contributed by atoms with Crippen LogP contribution in [0.15, 0.2) is 182 Å². The number of hydrogen-bond acceptors (Lipinski definition) is 5. The molecule has 0 saturated heterocycles. The van der Waals surface area contributed by atoms with Crippen molar-refractivity contribution in [2.24, 2.45) is 0 Å². The Bertz CT molecular complexity index is 3870. The van der Waals surface area contributed by atoms with Gasteiger partial charge in [0.1, 0.15) is 0 Å². The molecule has 0 radical (unpaired) electrons. The molecule has 4 aromatic heterocycles. The van der Waals surface area contributed by atoms with Gasteiger partial charge in [0.15, 0.2) is 17.5 Å². The summed E-state index contributed by atoms with van der Waals surface area (Å²) in [5, 5.41) is 12.0. The SMILES string of the molecule is c1ccc2cc(-c3nc(-c4ccc5sc6ccccc6c5c4-n4c5ccccc5c5cc6ccccc6cc54)nc(-c4cccc5sc6ccccc6c45)n3)ccc2c1. The van der Waals surface area contributed by atoms with Gasteiger partial charge in [0.25, 0.3) is 0 Å². The number of para-hydroxylation sites is 1. The van der Waals surface area contributed by atoms with Gasteiger partial charge in [-0.15, -0.1) is 22.7 Å². The van der Waals surface area contributed by atoms with Crippen LogP contribution in [0.3, 0.4) is 0 Å². The number of fused-ring (bicyclic) bond motifs is 11. The molecule has 13 rings (SSSR count). The first kappa shape index (κ1) is 32.8. The maximum absolute atomic E-state index is 5.52.